The van der Waals surface area contributed by atoms with Gasteiger partial charge in [0, 0.05) is 13.1 Å². The van der Waals surface area contributed by atoms with E-state index in [9.17, 15) is 9.18 Å². The smallest absolute Gasteiger partial charge is 0.328 e. The third kappa shape index (κ3) is 4.37. The number of rotatable bonds is 6. The van der Waals surface area contributed by atoms with Crippen LogP contribution in [0.3, 0.4) is 0 Å². The molecule has 4 nitrogen and oxygen atoms in total. The van der Waals surface area contributed by atoms with Crippen molar-refractivity contribution in [3.05, 3.63) is 71.5 Å². The summed E-state index contributed by atoms with van der Waals surface area (Å²) in [6.45, 7) is 3.54. The second-order valence-electron chi connectivity index (χ2n) is 7.46. The van der Waals surface area contributed by atoms with Crippen LogP contribution in [0.1, 0.15) is 30.0 Å². The van der Waals surface area contributed by atoms with Crippen LogP contribution in [0.15, 0.2) is 54.6 Å². The number of halogens is 1. The van der Waals surface area contributed by atoms with Gasteiger partial charge in [-0.2, -0.15) is 0 Å². The van der Waals surface area contributed by atoms with Crippen molar-refractivity contribution in [1.29, 1.82) is 0 Å². The van der Waals surface area contributed by atoms with Crippen molar-refractivity contribution in [2.45, 2.75) is 31.5 Å². The summed E-state index contributed by atoms with van der Waals surface area (Å²) >= 11 is 0. The minimum Gasteiger partial charge on any atom is -0.459 e. The summed E-state index contributed by atoms with van der Waals surface area (Å²) in [5.41, 5.74) is 1.80. The normalized spacial score (nSPS) is 25.1. The minimum atomic E-state index is -0.535. The van der Waals surface area contributed by atoms with E-state index in [0.717, 1.165) is 43.6 Å². The molecule has 142 valence electrons. The number of nitrogens with one attached hydrogen (secondary N) is 1. The van der Waals surface area contributed by atoms with E-state index in [1.165, 1.54) is 12.1 Å². The molecular formula is C22H25FN2O2. The zero-order valence-electron chi connectivity index (χ0n) is 15.3. The van der Waals surface area contributed by atoms with Crippen LogP contribution in [-0.4, -0.2) is 36.6 Å². The van der Waals surface area contributed by atoms with Gasteiger partial charge in [0.25, 0.3) is 0 Å². The Kier molecular flexibility index (Phi) is 5.50. The number of hydrogen-bond donors (Lipinski definition) is 1. The Bertz CT molecular complexity index is 758. The van der Waals surface area contributed by atoms with E-state index in [0.29, 0.717) is 12.5 Å². The van der Waals surface area contributed by atoms with E-state index >= 15 is 0 Å². The van der Waals surface area contributed by atoms with Crippen molar-refractivity contribution in [3.8, 4) is 0 Å². The van der Waals surface area contributed by atoms with Crippen LogP contribution >= 0.6 is 0 Å². The number of benzene rings is 2. The van der Waals surface area contributed by atoms with Crippen LogP contribution in [0.4, 0.5) is 4.39 Å². The summed E-state index contributed by atoms with van der Waals surface area (Å²) in [6, 6.07) is 15.4. The van der Waals surface area contributed by atoms with Gasteiger partial charge in [0.15, 0.2) is 0 Å². The first-order chi connectivity index (χ1) is 13.2. The highest BCUT2D eigenvalue weighted by Crippen LogP contribution is 2.30. The molecule has 0 amide bonds. The highest BCUT2D eigenvalue weighted by Gasteiger charge is 2.37. The third-order valence-electron chi connectivity index (χ3n) is 5.66. The van der Waals surface area contributed by atoms with Crippen molar-refractivity contribution in [1.82, 2.24) is 10.2 Å². The molecule has 2 aromatic rings. The Labute approximate surface area is 159 Å². The molecular weight excluding hydrogens is 343 g/mol. The molecule has 1 N–H and O–H groups in total. The van der Waals surface area contributed by atoms with Crippen molar-refractivity contribution in [2.75, 3.05) is 19.6 Å². The molecule has 0 spiro atoms. The van der Waals surface area contributed by atoms with E-state index in [1.54, 1.807) is 12.1 Å². The number of fused-ring (bicyclic) bond motifs is 3. The van der Waals surface area contributed by atoms with Crippen molar-refractivity contribution in [2.24, 2.45) is 5.92 Å². The van der Waals surface area contributed by atoms with Gasteiger partial charge in [0.2, 0.25) is 0 Å². The van der Waals surface area contributed by atoms with Crippen molar-refractivity contribution >= 4 is 5.97 Å². The molecule has 0 aliphatic carbocycles. The molecule has 2 aromatic carbocycles. The number of nitrogens with zero attached hydrogens (tertiary/aromatic N) is 1. The fraction of sp³-hybridized carbons (Fsp3) is 0.409. The van der Waals surface area contributed by atoms with Crippen LogP contribution in [0, 0.1) is 11.7 Å². The van der Waals surface area contributed by atoms with Gasteiger partial charge in [-0.15, -0.1) is 0 Å². The molecule has 3 aliphatic rings. The predicted molar refractivity (Wildman–Crippen MR) is 101 cm³/mol. The van der Waals surface area contributed by atoms with E-state index in [-0.39, 0.29) is 17.9 Å². The molecule has 3 fully saturated rings. The van der Waals surface area contributed by atoms with Gasteiger partial charge in [-0.1, -0.05) is 42.5 Å². The van der Waals surface area contributed by atoms with Gasteiger partial charge >= 0.3 is 5.97 Å². The van der Waals surface area contributed by atoms with Crippen LogP contribution in [0.2, 0.25) is 0 Å². The topological polar surface area (TPSA) is 41.6 Å². The zero-order valence-corrected chi connectivity index (χ0v) is 15.3. The Morgan fingerprint density at radius 3 is 2.44 bits per heavy atom. The van der Waals surface area contributed by atoms with E-state index in [2.05, 4.69) is 10.2 Å². The summed E-state index contributed by atoms with van der Waals surface area (Å²) < 4.78 is 19.1. The Morgan fingerprint density at radius 1 is 1.11 bits per heavy atom. The molecule has 2 unspecified atom stereocenters. The maximum absolute atomic E-state index is 13.1. The third-order valence-corrected chi connectivity index (χ3v) is 5.66. The standard InChI is InChI=1S/C22H25FN2O2/c23-19-8-6-16(7-9-19)14-24-21(18-4-2-1-3-5-18)22(26)27-20-15-25-12-10-17(20)11-13-25/h1-9,17,20-21,24H,10-15H2. The summed E-state index contributed by atoms with van der Waals surface area (Å²) in [5, 5.41) is 3.29. The summed E-state index contributed by atoms with van der Waals surface area (Å²) in [5.74, 6) is -0.0188. The predicted octanol–water partition coefficient (Wildman–Crippen LogP) is 3.29. The first-order valence-electron chi connectivity index (χ1n) is 9.64. The first kappa shape index (κ1) is 18.1. The highest BCUT2D eigenvalue weighted by molar-refractivity contribution is 5.78. The van der Waals surface area contributed by atoms with E-state index in [4.69, 9.17) is 4.74 Å². The SMILES string of the molecule is O=C(OC1CN2CCC1CC2)C(NCc1ccc(F)cc1)c1ccccc1. The fourth-order valence-corrected chi connectivity index (χ4v) is 4.07. The fourth-order valence-electron chi connectivity index (χ4n) is 4.07. The number of esters is 1. The van der Waals surface area contributed by atoms with Crippen LogP contribution in [0.25, 0.3) is 0 Å². The molecule has 0 radical (unpaired) electrons. The van der Waals surface area contributed by atoms with Gasteiger partial charge in [-0.3, -0.25) is 10.2 Å². The lowest BCUT2D eigenvalue weighted by Gasteiger charge is -2.44. The van der Waals surface area contributed by atoms with Gasteiger partial charge < -0.3 is 4.74 Å². The lowest BCUT2D eigenvalue weighted by Crippen LogP contribution is -2.52. The molecule has 5 rings (SSSR count). The number of hydrogen-bond acceptors (Lipinski definition) is 4. The average Bonchev–Trinajstić information content (AvgIpc) is 2.71. The second-order valence-corrected chi connectivity index (χ2v) is 7.46. The Hall–Kier alpha value is -2.24. The molecule has 3 heterocycles. The first-order valence-corrected chi connectivity index (χ1v) is 9.64. The summed E-state index contributed by atoms with van der Waals surface area (Å²) in [4.78, 5) is 15.4. The Morgan fingerprint density at radius 2 is 1.81 bits per heavy atom. The molecule has 2 atom stereocenters. The highest BCUT2D eigenvalue weighted by atomic mass is 19.1. The minimum absolute atomic E-state index is 0.0150. The molecule has 5 heteroatoms. The van der Waals surface area contributed by atoms with Gasteiger partial charge in [-0.25, -0.2) is 9.18 Å². The van der Waals surface area contributed by atoms with Crippen molar-refractivity contribution < 1.29 is 13.9 Å². The molecule has 3 aliphatic heterocycles. The van der Waals surface area contributed by atoms with Crippen molar-refractivity contribution in [3.63, 3.8) is 0 Å². The quantitative estimate of drug-likeness (QED) is 0.795. The molecule has 27 heavy (non-hydrogen) atoms. The van der Waals surface area contributed by atoms with E-state index < -0.39 is 6.04 Å². The molecule has 3 saturated heterocycles. The lowest BCUT2D eigenvalue weighted by atomic mass is 9.86. The second kappa shape index (κ2) is 8.19. The monoisotopic (exact) mass is 368 g/mol. The number of ether oxygens (including phenoxy) is 1. The maximum atomic E-state index is 13.1. The van der Waals surface area contributed by atoms with Crippen LogP contribution < -0.4 is 5.32 Å². The molecule has 0 saturated carbocycles. The molecule has 0 aromatic heterocycles. The van der Waals surface area contributed by atoms with Gasteiger partial charge in [-0.05, 0) is 55.1 Å². The Balaban J connectivity index is 1.45. The lowest BCUT2D eigenvalue weighted by molar-refractivity contribution is -0.161. The number of carbonyl (C=O) groups excluding carboxylic acids is 1. The van der Waals surface area contributed by atoms with Gasteiger partial charge in [0.1, 0.15) is 18.0 Å². The maximum Gasteiger partial charge on any atom is 0.328 e. The average molecular weight is 368 g/mol. The van der Waals surface area contributed by atoms with Crippen LogP contribution in [0.5, 0.6) is 0 Å². The van der Waals surface area contributed by atoms with Crippen LogP contribution in [-0.2, 0) is 16.1 Å². The molecule has 2 bridgehead atoms. The summed E-state index contributed by atoms with van der Waals surface area (Å²) in [7, 11) is 0. The number of piperidine rings is 3. The largest absolute Gasteiger partial charge is 0.459 e. The number of carbonyl (C=O) groups is 1. The van der Waals surface area contributed by atoms with E-state index in [1.807, 2.05) is 30.3 Å². The summed E-state index contributed by atoms with van der Waals surface area (Å²) in [6.07, 6.45) is 2.20. The van der Waals surface area contributed by atoms with Gasteiger partial charge in [0.05, 0.1) is 0 Å². The zero-order chi connectivity index (χ0) is 18.6.